The van der Waals surface area contributed by atoms with Gasteiger partial charge in [-0.15, -0.1) is 0 Å². The number of halogens is 1. The normalized spacial score (nSPS) is 15.4. The summed E-state index contributed by atoms with van der Waals surface area (Å²) in [5, 5.41) is 0. The lowest BCUT2D eigenvalue weighted by molar-refractivity contribution is 0.0711. The van der Waals surface area contributed by atoms with Crippen LogP contribution in [0.1, 0.15) is 40.5 Å². The summed E-state index contributed by atoms with van der Waals surface area (Å²) < 4.78 is 13.4. The van der Waals surface area contributed by atoms with Crippen LogP contribution in [0.3, 0.4) is 0 Å². The Morgan fingerprint density at radius 1 is 1.22 bits per heavy atom. The predicted octanol–water partition coefficient (Wildman–Crippen LogP) is 4.58. The van der Waals surface area contributed by atoms with Crippen molar-refractivity contribution in [1.29, 1.82) is 0 Å². The number of likely N-dealkylation sites (tertiary alicyclic amines) is 1. The van der Waals surface area contributed by atoms with Crippen LogP contribution in [0.5, 0.6) is 0 Å². The van der Waals surface area contributed by atoms with E-state index < -0.39 is 0 Å². The van der Waals surface area contributed by atoms with Gasteiger partial charge in [0, 0.05) is 30.3 Å². The first-order valence-electron chi connectivity index (χ1n) is 9.16. The number of amides is 1. The molecule has 3 aromatic rings. The lowest BCUT2D eigenvalue weighted by atomic mass is 9.95. The predicted molar refractivity (Wildman–Crippen MR) is 108 cm³/mol. The van der Waals surface area contributed by atoms with Gasteiger partial charge >= 0.3 is 0 Å². The fraction of sp³-hybridized carbons (Fsp3) is 0.333. The Balaban J connectivity index is 1.41. The van der Waals surface area contributed by atoms with Gasteiger partial charge in [-0.3, -0.25) is 4.79 Å². The number of aromatic amines is 1. The Morgan fingerprint density at radius 3 is 2.67 bits per heavy atom. The Bertz CT molecular complexity index is 946. The van der Waals surface area contributed by atoms with Crippen molar-refractivity contribution in [1.82, 2.24) is 14.9 Å². The van der Waals surface area contributed by atoms with E-state index in [1.165, 1.54) is 17.7 Å². The Kier molecular flexibility index (Phi) is 5.16. The summed E-state index contributed by atoms with van der Waals surface area (Å²) in [6, 6.07) is 12.5. The molecule has 1 aliphatic rings. The van der Waals surface area contributed by atoms with Crippen molar-refractivity contribution in [2.75, 3.05) is 19.3 Å². The Hall–Kier alpha value is -2.34. The Morgan fingerprint density at radius 2 is 1.96 bits per heavy atom. The molecule has 0 saturated carbocycles. The van der Waals surface area contributed by atoms with Crippen molar-refractivity contribution in [3.05, 3.63) is 65.2 Å². The molecule has 1 aliphatic heterocycles. The molecule has 140 valence electrons. The van der Waals surface area contributed by atoms with Crippen LogP contribution in [0.2, 0.25) is 0 Å². The van der Waals surface area contributed by atoms with Gasteiger partial charge in [0.05, 0.1) is 11.0 Å². The van der Waals surface area contributed by atoms with Crippen LogP contribution in [0.4, 0.5) is 4.39 Å². The molecule has 0 unspecified atom stereocenters. The van der Waals surface area contributed by atoms with Crippen LogP contribution in [0, 0.1) is 5.82 Å². The minimum absolute atomic E-state index is 0.0934. The van der Waals surface area contributed by atoms with Crippen molar-refractivity contribution in [2.45, 2.75) is 24.5 Å². The number of imidazole rings is 1. The molecule has 0 aliphatic carbocycles. The minimum Gasteiger partial charge on any atom is -0.342 e. The second-order valence-electron chi connectivity index (χ2n) is 6.98. The fourth-order valence-electron chi connectivity index (χ4n) is 3.64. The first-order valence-corrected chi connectivity index (χ1v) is 10.6. The number of nitrogens with one attached hydrogen (secondary N) is 1. The number of rotatable bonds is 4. The van der Waals surface area contributed by atoms with Crippen LogP contribution in [0.25, 0.3) is 11.0 Å². The van der Waals surface area contributed by atoms with Crippen LogP contribution < -0.4 is 0 Å². The van der Waals surface area contributed by atoms with Crippen molar-refractivity contribution in [3.63, 3.8) is 0 Å². The topological polar surface area (TPSA) is 49.0 Å². The first kappa shape index (κ1) is 18.0. The third-order valence-corrected chi connectivity index (χ3v) is 5.77. The maximum atomic E-state index is 13.4. The molecular formula is C21H22FN3OS. The van der Waals surface area contributed by atoms with Crippen LogP contribution in [-0.4, -0.2) is 40.1 Å². The minimum atomic E-state index is -0.262. The summed E-state index contributed by atoms with van der Waals surface area (Å²) in [4.78, 5) is 22.5. The molecule has 0 radical (unpaired) electrons. The number of piperidine rings is 1. The first-order chi connectivity index (χ1) is 13.1. The molecular weight excluding hydrogens is 361 g/mol. The third-order valence-electron chi connectivity index (χ3n) is 5.14. The van der Waals surface area contributed by atoms with Gasteiger partial charge in [-0.2, -0.15) is 11.8 Å². The zero-order valence-corrected chi connectivity index (χ0v) is 16.1. The number of fused-ring (bicyclic) bond motifs is 1. The molecule has 0 atom stereocenters. The van der Waals surface area contributed by atoms with Gasteiger partial charge < -0.3 is 9.88 Å². The highest BCUT2D eigenvalue weighted by Crippen LogP contribution is 2.28. The maximum Gasteiger partial charge on any atom is 0.253 e. The molecule has 1 fully saturated rings. The van der Waals surface area contributed by atoms with Crippen LogP contribution >= 0.6 is 11.8 Å². The van der Waals surface area contributed by atoms with Gasteiger partial charge in [-0.1, -0.05) is 12.1 Å². The van der Waals surface area contributed by atoms with E-state index in [-0.39, 0.29) is 17.6 Å². The largest absolute Gasteiger partial charge is 0.342 e. The quantitative estimate of drug-likeness (QED) is 0.717. The molecule has 1 amide bonds. The molecule has 0 bridgehead atoms. The van der Waals surface area contributed by atoms with E-state index in [9.17, 15) is 9.18 Å². The van der Waals surface area contributed by atoms with E-state index in [2.05, 4.69) is 16.2 Å². The average Bonchev–Trinajstić information content (AvgIpc) is 3.11. The van der Waals surface area contributed by atoms with Crippen molar-refractivity contribution >= 4 is 28.7 Å². The maximum absolute atomic E-state index is 13.4. The second kappa shape index (κ2) is 7.72. The monoisotopic (exact) mass is 383 g/mol. The SMILES string of the molecule is CSCc1ccc(C(=O)N2CCC(c3nc4ccc(F)cc4[nH]3)CC2)cc1. The number of hydrogen-bond donors (Lipinski definition) is 1. The molecule has 2 aromatic carbocycles. The van der Waals surface area contributed by atoms with Crippen molar-refractivity contribution in [3.8, 4) is 0 Å². The lowest BCUT2D eigenvalue weighted by Crippen LogP contribution is -2.38. The zero-order chi connectivity index (χ0) is 18.8. The molecule has 1 N–H and O–H groups in total. The highest BCUT2D eigenvalue weighted by atomic mass is 32.2. The third kappa shape index (κ3) is 3.86. The van der Waals surface area contributed by atoms with E-state index in [4.69, 9.17) is 0 Å². The standard InChI is InChI=1S/C21H22FN3OS/c1-27-13-14-2-4-16(5-3-14)21(26)25-10-8-15(9-11-25)20-23-18-7-6-17(22)12-19(18)24-20/h2-7,12,15H,8-11,13H2,1H3,(H,23,24). The highest BCUT2D eigenvalue weighted by molar-refractivity contribution is 7.97. The average molecular weight is 383 g/mol. The number of nitrogens with zero attached hydrogens (tertiary/aromatic N) is 2. The van der Waals surface area contributed by atoms with Crippen LogP contribution in [-0.2, 0) is 5.75 Å². The van der Waals surface area contributed by atoms with Gasteiger partial charge in [-0.05, 0) is 55.0 Å². The van der Waals surface area contributed by atoms with Crippen molar-refractivity contribution in [2.24, 2.45) is 0 Å². The van der Waals surface area contributed by atoms with Gasteiger partial charge in [0.1, 0.15) is 11.6 Å². The van der Waals surface area contributed by atoms with Gasteiger partial charge in [0.2, 0.25) is 0 Å². The number of benzene rings is 2. The number of carbonyl (C=O) groups excluding carboxylic acids is 1. The van der Waals surface area contributed by atoms with E-state index in [1.54, 1.807) is 17.8 Å². The molecule has 4 nitrogen and oxygen atoms in total. The highest BCUT2D eigenvalue weighted by Gasteiger charge is 2.26. The molecule has 0 spiro atoms. The number of hydrogen-bond acceptors (Lipinski definition) is 3. The van der Waals surface area contributed by atoms with Gasteiger partial charge in [-0.25, -0.2) is 9.37 Å². The van der Waals surface area contributed by atoms with Crippen LogP contribution in [0.15, 0.2) is 42.5 Å². The molecule has 1 saturated heterocycles. The van der Waals surface area contributed by atoms with E-state index in [0.29, 0.717) is 13.1 Å². The van der Waals surface area contributed by atoms with E-state index in [1.807, 2.05) is 29.2 Å². The molecule has 4 rings (SSSR count). The number of H-pyrrole nitrogens is 1. The number of aromatic nitrogens is 2. The number of carbonyl (C=O) groups is 1. The summed E-state index contributed by atoms with van der Waals surface area (Å²) in [6.07, 6.45) is 3.79. The number of thioether (sulfide) groups is 1. The molecule has 27 heavy (non-hydrogen) atoms. The Labute approximate surface area is 162 Å². The molecule has 2 heterocycles. The van der Waals surface area contributed by atoms with E-state index >= 15 is 0 Å². The fourth-order valence-corrected chi connectivity index (χ4v) is 4.17. The van der Waals surface area contributed by atoms with Gasteiger partial charge in [0.25, 0.3) is 5.91 Å². The summed E-state index contributed by atoms with van der Waals surface area (Å²) in [5.74, 6) is 1.96. The molecule has 6 heteroatoms. The summed E-state index contributed by atoms with van der Waals surface area (Å²) in [6.45, 7) is 1.42. The lowest BCUT2D eigenvalue weighted by Gasteiger charge is -2.31. The van der Waals surface area contributed by atoms with Crippen molar-refractivity contribution < 1.29 is 9.18 Å². The smallest absolute Gasteiger partial charge is 0.253 e. The summed E-state index contributed by atoms with van der Waals surface area (Å²) in [5.41, 5.74) is 3.50. The summed E-state index contributed by atoms with van der Waals surface area (Å²) in [7, 11) is 0. The zero-order valence-electron chi connectivity index (χ0n) is 15.2. The second-order valence-corrected chi connectivity index (χ2v) is 7.85. The van der Waals surface area contributed by atoms with E-state index in [0.717, 1.165) is 41.0 Å². The van der Waals surface area contributed by atoms with Gasteiger partial charge in [0.15, 0.2) is 0 Å². The molecule has 1 aromatic heterocycles. The summed E-state index contributed by atoms with van der Waals surface area (Å²) >= 11 is 1.77.